The molecular formula is C19H18BrClF2N2O2. The lowest BCUT2D eigenvalue weighted by Crippen LogP contribution is -2.49. The molecule has 4 nitrogen and oxygen atoms in total. The first-order chi connectivity index (χ1) is 12.9. The quantitative estimate of drug-likeness (QED) is 0.631. The van der Waals surface area contributed by atoms with Crippen molar-refractivity contribution in [2.24, 2.45) is 0 Å². The summed E-state index contributed by atoms with van der Waals surface area (Å²) in [6, 6.07) is 9.62. The van der Waals surface area contributed by atoms with Gasteiger partial charge in [0.25, 0.3) is 5.91 Å². The Morgan fingerprint density at radius 1 is 1.07 bits per heavy atom. The number of nitrogens with zero attached hydrogens (tertiary/aromatic N) is 2. The predicted molar refractivity (Wildman–Crippen MR) is 103 cm³/mol. The number of carbonyl (C=O) groups is 1. The molecule has 1 saturated heterocycles. The summed E-state index contributed by atoms with van der Waals surface area (Å²) in [7, 11) is 0. The lowest BCUT2D eigenvalue weighted by molar-refractivity contribution is -0.135. The molecule has 2 aromatic rings. The minimum absolute atomic E-state index is 0.101. The van der Waals surface area contributed by atoms with Crippen LogP contribution in [0.15, 0.2) is 40.9 Å². The standard InChI is InChI=1S/C19H18BrClF2N2O2/c20-15-9-16(22)17(23)10-18(15)27-12-19(26)25-7-5-24(6-8-25)11-13-1-3-14(21)4-2-13/h1-4,9-10H,5-8,11-12H2. The van der Waals surface area contributed by atoms with Crippen LogP contribution in [0.5, 0.6) is 5.75 Å². The Morgan fingerprint density at radius 2 is 1.70 bits per heavy atom. The Labute approximate surface area is 169 Å². The topological polar surface area (TPSA) is 32.8 Å². The maximum absolute atomic E-state index is 13.3. The molecule has 0 radical (unpaired) electrons. The van der Waals surface area contributed by atoms with Crippen molar-refractivity contribution in [3.05, 3.63) is 63.1 Å². The zero-order valence-corrected chi connectivity index (χ0v) is 16.8. The van der Waals surface area contributed by atoms with E-state index in [-0.39, 0.29) is 22.7 Å². The number of carbonyl (C=O) groups excluding carboxylic acids is 1. The summed E-state index contributed by atoms with van der Waals surface area (Å²) in [6.45, 7) is 3.27. The predicted octanol–water partition coefficient (Wildman–Crippen LogP) is 4.10. The minimum Gasteiger partial charge on any atom is -0.482 e. The average Bonchev–Trinajstić information content (AvgIpc) is 2.66. The van der Waals surface area contributed by atoms with Gasteiger partial charge in [-0.05, 0) is 39.7 Å². The van der Waals surface area contributed by atoms with Gasteiger partial charge in [-0.25, -0.2) is 8.78 Å². The van der Waals surface area contributed by atoms with Crippen LogP contribution in [0.2, 0.25) is 5.02 Å². The molecule has 1 amide bonds. The van der Waals surface area contributed by atoms with Gasteiger partial charge in [0, 0.05) is 43.8 Å². The molecule has 0 unspecified atom stereocenters. The first-order valence-corrected chi connectivity index (χ1v) is 9.61. The summed E-state index contributed by atoms with van der Waals surface area (Å²) in [5.74, 6) is -2.07. The number of hydrogen-bond donors (Lipinski definition) is 0. The molecular weight excluding hydrogens is 442 g/mol. The van der Waals surface area contributed by atoms with E-state index in [0.717, 1.165) is 31.8 Å². The number of benzene rings is 2. The molecule has 1 heterocycles. The van der Waals surface area contributed by atoms with Gasteiger partial charge in [0.05, 0.1) is 4.47 Å². The van der Waals surface area contributed by atoms with Crippen LogP contribution in [0, 0.1) is 11.6 Å². The number of rotatable bonds is 5. The molecule has 0 atom stereocenters. The highest BCUT2D eigenvalue weighted by atomic mass is 79.9. The molecule has 0 spiro atoms. The summed E-state index contributed by atoms with van der Waals surface area (Å²) in [5, 5.41) is 0.710. The van der Waals surface area contributed by atoms with Crippen molar-refractivity contribution < 1.29 is 18.3 Å². The molecule has 1 aliphatic heterocycles. The first kappa shape index (κ1) is 20.0. The van der Waals surface area contributed by atoms with Gasteiger partial charge < -0.3 is 9.64 Å². The van der Waals surface area contributed by atoms with Crippen molar-refractivity contribution in [3.8, 4) is 5.75 Å². The van der Waals surface area contributed by atoms with E-state index in [2.05, 4.69) is 20.8 Å². The van der Waals surface area contributed by atoms with E-state index in [1.54, 1.807) is 4.90 Å². The lowest BCUT2D eigenvalue weighted by Gasteiger charge is -2.34. The number of piperazine rings is 1. The second-order valence-electron chi connectivity index (χ2n) is 6.27. The molecule has 27 heavy (non-hydrogen) atoms. The molecule has 144 valence electrons. The normalized spacial score (nSPS) is 15.0. The average molecular weight is 460 g/mol. The third-order valence-electron chi connectivity index (χ3n) is 4.37. The Hall–Kier alpha value is -1.70. The van der Waals surface area contributed by atoms with Crippen molar-refractivity contribution in [3.63, 3.8) is 0 Å². The van der Waals surface area contributed by atoms with Gasteiger partial charge in [0.1, 0.15) is 5.75 Å². The molecule has 1 aliphatic rings. The highest BCUT2D eigenvalue weighted by molar-refractivity contribution is 9.10. The third kappa shape index (κ3) is 5.40. The fraction of sp³-hybridized carbons (Fsp3) is 0.316. The highest BCUT2D eigenvalue weighted by Gasteiger charge is 2.22. The van der Waals surface area contributed by atoms with E-state index in [0.29, 0.717) is 18.1 Å². The number of halogens is 4. The van der Waals surface area contributed by atoms with E-state index in [1.807, 2.05) is 24.3 Å². The highest BCUT2D eigenvalue weighted by Crippen LogP contribution is 2.27. The van der Waals surface area contributed by atoms with Gasteiger partial charge in [-0.15, -0.1) is 0 Å². The third-order valence-corrected chi connectivity index (χ3v) is 5.24. The molecule has 0 aromatic heterocycles. The SMILES string of the molecule is O=C(COc1cc(F)c(F)cc1Br)N1CCN(Cc2ccc(Cl)cc2)CC1. The zero-order valence-electron chi connectivity index (χ0n) is 14.4. The second-order valence-corrected chi connectivity index (χ2v) is 7.56. The molecule has 0 saturated carbocycles. The molecule has 3 rings (SSSR count). The van der Waals surface area contributed by atoms with Gasteiger partial charge in [-0.2, -0.15) is 0 Å². The fourth-order valence-corrected chi connectivity index (χ4v) is 3.40. The largest absolute Gasteiger partial charge is 0.482 e. The van der Waals surface area contributed by atoms with Crippen LogP contribution in [0.4, 0.5) is 8.78 Å². The molecule has 0 N–H and O–H groups in total. The first-order valence-electron chi connectivity index (χ1n) is 8.44. The van der Waals surface area contributed by atoms with Crippen LogP contribution in [-0.2, 0) is 11.3 Å². The summed E-state index contributed by atoms with van der Waals surface area (Å²) in [5.41, 5.74) is 1.17. The number of hydrogen-bond acceptors (Lipinski definition) is 3. The Morgan fingerprint density at radius 3 is 2.37 bits per heavy atom. The van der Waals surface area contributed by atoms with E-state index in [1.165, 1.54) is 5.56 Å². The monoisotopic (exact) mass is 458 g/mol. The van der Waals surface area contributed by atoms with Crippen molar-refractivity contribution in [2.45, 2.75) is 6.54 Å². The van der Waals surface area contributed by atoms with Gasteiger partial charge in [-0.1, -0.05) is 23.7 Å². The maximum Gasteiger partial charge on any atom is 0.260 e. The Kier molecular flexibility index (Phi) is 6.68. The van der Waals surface area contributed by atoms with E-state index in [4.69, 9.17) is 16.3 Å². The Balaban J connectivity index is 1.47. The van der Waals surface area contributed by atoms with Crippen molar-refractivity contribution in [1.82, 2.24) is 9.80 Å². The van der Waals surface area contributed by atoms with Crippen LogP contribution in [0.1, 0.15) is 5.56 Å². The van der Waals surface area contributed by atoms with Crippen molar-refractivity contribution in [2.75, 3.05) is 32.8 Å². The van der Waals surface area contributed by atoms with Crippen LogP contribution >= 0.6 is 27.5 Å². The maximum atomic E-state index is 13.3. The zero-order chi connectivity index (χ0) is 19.4. The van der Waals surface area contributed by atoms with Crippen LogP contribution in [0.3, 0.4) is 0 Å². The van der Waals surface area contributed by atoms with E-state index < -0.39 is 11.6 Å². The van der Waals surface area contributed by atoms with Crippen LogP contribution in [-0.4, -0.2) is 48.5 Å². The minimum atomic E-state index is -1.02. The van der Waals surface area contributed by atoms with Crippen LogP contribution < -0.4 is 4.74 Å². The van der Waals surface area contributed by atoms with E-state index in [9.17, 15) is 13.6 Å². The summed E-state index contributed by atoms with van der Waals surface area (Å²) in [4.78, 5) is 16.3. The molecule has 8 heteroatoms. The lowest BCUT2D eigenvalue weighted by atomic mass is 10.2. The van der Waals surface area contributed by atoms with Crippen molar-refractivity contribution in [1.29, 1.82) is 0 Å². The van der Waals surface area contributed by atoms with Gasteiger partial charge in [0.15, 0.2) is 18.2 Å². The molecule has 0 aliphatic carbocycles. The smallest absolute Gasteiger partial charge is 0.260 e. The number of ether oxygens (including phenoxy) is 1. The number of amides is 1. The van der Waals surface area contributed by atoms with Gasteiger partial charge in [0.2, 0.25) is 0 Å². The molecule has 2 aromatic carbocycles. The van der Waals surface area contributed by atoms with Gasteiger partial charge >= 0.3 is 0 Å². The Bertz CT molecular complexity index is 812. The van der Waals surface area contributed by atoms with Crippen molar-refractivity contribution >= 4 is 33.4 Å². The summed E-state index contributed by atoms with van der Waals surface area (Å²) < 4.78 is 32.0. The second kappa shape index (κ2) is 8.99. The summed E-state index contributed by atoms with van der Waals surface area (Å²) in [6.07, 6.45) is 0. The fourth-order valence-electron chi connectivity index (χ4n) is 2.85. The van der Waals surface area contributed by atoms with Gasteiger partial charge in [-0.3, -0.25) is 9.69 Å². The summed E-state index contributed by atoms with van der Waals surface area (Å²) >= 11 is 9.00. The molecule has 0 bridgehead atoms. The molecule has 1 fully saturated rings. The van der Waals surface area contributed by atoms with E-state index >= 15 is 0 Å². The van der Waals surface area contributed by atoms with Crippen LogP contribution in [0.25, 0.3) is 0 Å².